The van der Waals surface area contributed by atoms with E-state index in [0.29, 0.717) is 5.92 Å². The molecule has 1 atom stereocenters. The van der Waals surface area contributed by atoms with E-state index in [9.17, 15) is 0 Å². The van der Waals surface area contributed by atoms with Crippen LogP contribution in [0.25, 0.3) is 0 Å². The van der Waals surface area contributed by atoms with Crippen LogP contribution in [-0.2, 0) is 6.42 Å². The maximum Gasteiger partial charge on any atom is 0.122 e. The van der Waals surface area contributed by atoms with Crippen LogP contribution in [0.1, 0.15) is 19.4 Å². The van der Waals surface area contributed by atoms with E-state index in [1.54, 1.807) is 14.2 Å². The first-order valence-electron chi connectivity index (χ1n) is 6.12. The fourth-order valence-corrected chi connectivity index (χ4v) is 1.88. The molecule has 3 heteroatoms. The summed E-state index contributed by atoms with van der Waals surface area (Å²) in [5.41, 5.74) is 1.21. The number of rotatable bonds is 7. The molecule has 0 spiro atoms. The Balaban J connectivity index is 2.72. The molecule has 0 amide bonds. The third-order valence-electron chi connectivity index (χ3n) is 2.80. The minimum absolute atomic E-state index is 0.580. The van der Waals surface area contributed by atoms with Crippen molar-refractivity contribution in [1.29, 1.82) is 0 Å². The second-order valence-corrected chi connectivity index (χ2v) is 4.29. The van der Waals surface area contributed by atoms with Gasteiger partial charge in [0.05, 0.1) is 14.2 Å². The normalized spacial score (nSPS) is 12.2. The van der Waals surface area contributed by atoms with Gasteiger partial charge in [0.15, 0.2) is 0 Å². The third kappa shape index (κ3) is 4.27. The van der Waals surface area contributed by atoms with Crippen molar-refractivity contribution >= 4 is 0 Å². The zero-order chi connectivity index (χ0) is 12.7. The minimum atomic E-state index is 0.580. The number of methoxy groups -OCH3 is 2. The number of ether oxygens (including phenoxy) is 2. The lowest BCUT2D eigenvalue weighted by atomic mass is 10.00. The first-order chi connectivity index (χ1) is 8.21. The van der Waals surface area contributed by atoms with Crippen LogP contribution in [-0.4, -0.2) is 27.3 Å². The highest BCUT2D eigenvalue weighted by atomic mass is 16.5. The summed E-state index contributed by atoms with van der Waals surface area (Å²) in [5, 5.41) is 3.36. The van der Waals surface area contributed by atoms with Crippen LogP contribution in [0.15, 0.2) is 18.2 Å². The Labute approximate surface area is 104 Å². The molecule has 96 valence electrons. The largest absolute Gasteiger partial charge is 0.497 e. The van der Waals surface area contributed by atoms with Gasteiger partial charge < -0.3 is 14.8 Å². The first kappa shape index (κ1) is 13.8. The summed E-state index contributed by atoms with van der Waals surface area (Å²) in [6.07, 6.45) is 0.993. The predicted molar refractivity (Wildman–Crippen MR) is 71.0 cm³/mol. The molecule has 0 aliphatic rings. The predicted octanol–water partition coefficient (Wildman–Crippen LogP) is 2.49. The lowest BCUT2D eigenvalue weighted by Crippen LogP contribution is -2.22. The highest BCUT2D eigenvalue weighted by molar-refractivity contribution is 5.40. The molecular weight excluding hydrogens is 214 g/mol. The summed E-state index contributed by atoms with van der Waals surface area (Å²) in [7, 11) is 3.40. The fourth-order valence-electron chi connectivity index (χ4n) is 1.88. The molecule has 1 N–H and O–H groups in total. The molecule has 0 fully saturated rings. The second-order valence-electron chi connectivity index (χ2n) is 4.29. The van der Waals surface area contributed by atoms with E-state index < -0.39 is 0 Å². The lowest BCUT2D eigenvalue weighted by molar-refractivity contribution is 0.394. The molecule has 1 unspecified atom stereocenters. The van der Waals surface area contributed by atoms with Crippen molar-refractivity contribution in [2.45, 2.75) is 20.3 Å². The van der Waals surface area contributed by atoms with Gasteiger partial charge in [0.25, 0.3) is 0 Å². The smallest absolute Gasteiger partial charge is 0.122 e. The summed E-state index contributed by atoms with van der Waals surface area (Å²) in [5.74, 6) is 2.40. The van der Waals surface area contributed by atoms with Crippen molar-refractivity contribution in [3.05, 3.63) is 23.8 Å². The average molecular weight is 237 g/mol. The van der Waals surface area contributed by atoms with Crippen molar-refractivity contribution in [3.8, 4) is 11.5 Å². The number of hydrogen-bond donors (Lipinski definition) is 1. The molecule has 17 heavy (non-hydrogen) atoms. The van der Waals surface area contributed by atoms with Crippen molar-refractivity contribution in [2.24, 2.45) is 5.92 Å². The molecule has 3 nitrogen and oxygen atoms in total. The summed E-state index contributed by atoms with van der Waals surface area (Å²) in [6.45, 7) is 6.40. The maximum atomic E-state index is 5.37. The third-order valence-corrected chi connectivity index (χ3v) is 2.80. The molecule has 0 heterocycles. The van der Waals surface area contributed by atoms with E-state index >= 15 is 0 Å². The van der Waals surface area contributed by atoms with Gasteiger partial charge in [0, 0.05) is 0 Å². The fraction of sp³-hybridized carbons (Fsp3) is 0.571. The molecule has 0 aliphatic heterocycles. The van der Waals surface area contributed by atoms with Gasteiger partial charge in [-0.25, -0.2) is 0 Å². The van der Waals surface area contributed by atoms with E-state index in [2.05, 4.69) is 25.2 Å². The molecule has 0 bridgehead atoms. The summed E-state index contributed by atoms with van der Waals surface area (Å²) in [4.78, 5) is 0. The SMILES string of the molecule is CCNCC(C)Cc1cc(OC)ccc1OC. The highest BCUT2D eigenvalue weighted by Gasteiger charge is 2.09. The lowest BCUT2D eigenvalue weighted by Gasteiger charge is -2.15. The molecule has 0 aromatic heterocycles. The van der Waals surface area contributed by atoms with Crippen molar-refractivity contribution < 1.29 is 9.47 Å². The standard InChI is InChI=1S/C14H23NO2/c1-5-15-10-11(2)8-12-9-13(16-3)6-7-14(12)17-4/h6-7,9,11,15H,5,8,10H2,1-4H3. The topological polar surface area (TPSA) is 30.5 Å². The van der Waals surface area contributed by atoms with Gasteiger partial charge in [0.2, 0.25) is 0 Å². The Morgan fingerprint density at radius 3 is 2.59 bits per heavy atom. The van der Waals surface area contributed by atoms with Gasteiger partial charge in [-0.3, -0.25) is 0 Å². The van der Waals surface area contributed by atoms with Crippen molar-refractivity contribution in [2.75, 3.05) is 27.3 Å². The van der Waals surface area contributed by atoms with E-state index in [0.717, 1.165) is 31.0 Å². The van der Waals surface area contributed by atoms with Crippen LogP contribution in [0.2, 0.25) is 0 Å². The van der Waals surface area contributed by atoms with E-state index in [-0.39, 0.29) is 0 Å². The Bertz CT molecular complexity index is 339. The molecule has 0 saturated carbocycles. The zero-order valence-corrected chi connectivity index (χ0v) is 11.2. The van der Waals surface area contributed by atoms with Gasteiger partial charge in [-0.15, -0.1) is 0 Å². The Hall–Kier alpha value is -1.22. The zero-order valence-electron chi connectivity index (χ0n) is 11.2. The van der Waals surface area contributed by atoms with Crippen LogP contribution >= 0.6 is 0 Å². The molecule has 0 saturated heterocycles. The van der Waals surface area contributed by atoms with Gasteiger partial charge in [0.1, 0.15) is 11.5 Å². The summed E-state index contributed by atoms with van der Waals surface area (Å²) < 4.78 is 10.6. The Kier molecular flexibility index (Phi) is 5.84. The van der Waals surface area contributed by atoms with E-state index in [1.807, 2.05) is 12.1 Å². The van der Waals surface area contributed by atoms with Crippen LogP contribution in [0.3, 0.4) is 0 Å². The maximum absolute atomic E-state index is 5.37. The molecule has 0 radical (unpaired) electrons. The van der Waals surface area contributed by atoms with Crippen LogP contribution < -0.4 is 14.8 Å². The molecule has 1 aromatic carbocycles. The van der Waals surface area contributed by atoms with Gasteiger partial charge in [-0.05, 0) is 49.2 Å². The highest BCUT2D eigenvalue weighted by Crippen LogP contribution is 2.26. The number of benzene rings is 1. The van der Waals surface area contributed by atoms with Crippen LogP contribution in [0.4, 0.5) is 0 Å². The Morgan fingerprint density at radius 2 is 2.00 bits per heavy atom. The van der Waals surface area contributed by atoms with E-state index in [4.69, 9.17) is 9.47 Å². The summed E-state index contributed by atoms with van der Waals surface area (Å²) in [6, 6.07) is 5.95. The van der Waals surface area contributed by atoms with Crippen LogP contribution in [0, 0.1) is 5.92 Å². The van der Waals surface area contributed by atoms with Crippen molar-refractivity contribution in [3.63, 3.8) is 0 Å². The minimum Gasteiger partial charge on any atom is -0.497 e. The van der Waals surface area contributed by atoms with Gasteiger partial charge >= 0.3 is 0 Å². The van der Waals surface area contributed by atoms with Gasteiger partial charge in [-0.1, -0.05) is 13.8 Å². The monoisotopic (exact) mass is 237 g/mol. The Morgan fingerprint density at radius 1 is 1.24 bits per heavy atom. The van der Waals surface area contributed by atoms with Gasteiger partial charge in [-0.2, -0.15) is 0 Å². The molecule has 0 aliphatic carbocycles. The average Bonchev–Trinajstić information content (AvgIpc) is 2.36. The second kappa shape index (κ2) is 7.17. The van der Waals surface area contributed by atoms with Crippen LogP contribution in [0.5, 0.6) is 11.5 Å². The summed E-state index contributed by atoms with van der Waals surface area (Å²) >= 11 is 0. The quantitative estimate of drug-likeness (QED) is 0.790. The molecule has 1 aromatic rings. The molecular formula is C14H23NO2. The number of hydrogen-bond acceptors (Lipinski definition) is 3. The first-order valence-corrected chi connectivity index (χ1v) is 6.12. The van der Waals surface area contributed by atoms with Crippen molar-refractivity contribution in [1.82, 2.24) is 5.32 Å². The van der Waals surface area contributed by atoms with E-state index in [1.165, 1.54) is 5.56 Å². The molecule has 1 rings (SSSR count). The number of nitrogens with one attached hydrogen (secondary N) is 1.